The Bertz CT molecular complexity index is 865. The maximum atomic E-state index is 12.5. The SMILES string of the molecule is CCN(CC)c1ccc(NC(=O)c2cc(C)n(-c3ccccc3)n2)cc1. The maximum absolute atomic E-state index is 12.5. The summed E-state index contributed by atoms with van der Waals surface area (Å²) in [4.78, 5) is 14.8. The predicted molar refractivity (Wildman–Crippen MR) is 106 cm³/mol. The van der Waals surface area contributed by atoms with Gasteiger partial charge in [-0.05, 0) is 63.2 Å². The summed E-state index contributed by atoms with van der Waals surface area (Å²) in [5, 5.41) is 7.36. The Balaban J connectivity index is 1.74. The van der Waals surface area contributed by atoms with E-state index in [1.54, 1.807) is 10.7 Å². The molecule has 5 heteroatoms. The highest BCUT2D eigenvalue weighted by Gasteiger charge is 2.13. The first kappa shape index (κ1) is 17.7. The number of benzene rings is 2. The first-order chi connectivity index (χ1) is 12.6. The van der Waals surface area contributed by atoms with Gasteiger partial charge in [0, 0.05) is 30.2 Å². The van der Waals surface area contributed by atoms with Crippen LogP contribution in [-0.4, -0.2) is 28.8 Å². The number of anilines is 2. The molecule has 0 aliphatic rings. The van der Waals surface area contributed by atoms with Crippen molar-refractivity contribution < 1.29 is 4.79 Å². The molecule has 0 radical (unpaired) electrons. The second-order valence-electron chi connectivity index (χ2n) is 6.09. The van der Waals surface area contributed by atoms with E-state index < -0.39 is 0 Å². The molecule has 1 aromatic heterocycles. The van der Waals surface area contributed by atoms with Crippen LogP contribution < -0.4 is 10.2 Å². The zero-order chi connectivity index (χ0) is 18.5. The molecule has 2 aromatic carbocycles. The molecule has 0 atom stereocenters. The Morgan fingerprint density at radius 1 is 1.04 bits per heavy atom. The molecule has 0 bridgehead atoms. The third kappa shape index (κ3) is 3.77. The molecule has 3 aromatic rings. The monoisotopic (exact) mass is 348 g/mol. The van der Waals surface area contributed by atoms with Crippen molar-refractivity contribution in [3.63, 3.8) is 0 Å². The summed E-state index contributed by atoms with van der Waals surface area (Å²) in [6.07, 6.45) is 0. The Labute approximate surface area is 154 Å². The largest absolute Gasteiger partial charge is 0.372 e. The molecule has 1 amide bonds. The van der Waals surface area contributed by atoms with E-state index in [9.17, 15) is 4.79 Å². The average Bonchev–Trinajstić information content (AvgIpc) is 3.07. The van der Waals surface area contributed by atoms with E-state index in [0.29, 0.717) is 5.69 Å². The number of carbonyl (C=O) groups excluding carboxylic acids is 1. The first-order valence-electron chi connectivity index (χ1n) is 8.90. The summed E-state index contributed by atoms with van der Waals surface area (Å²) in [6.45, 7) is 8.11. The number of nitrogens with one attached hydrogen (secondary N) is 1. The van der Waals surface area contributed by atoms with Gasteiger partial charge >= 0.3 is 0 Å². The number of amides is 1. The molecule has 0 aliphatic carbocycles. The van der Waals surface area contributed by atoms with Crippen molar-refractivity contribution in [3.8, 4) is 5.69 Å². The number of nitrogens with zero attached hydrogens (tertiary/aromatic N) is 3. The van der Waals surface area contributed by atoms with E-state index in [2.05, 4.69) is 29.2 Å². The zero-order valence-corrected chi connectivity index (χ0v) is 15.4. The molecule has 0 aliphatic heterocycles. The van der Waals surface area contributed by atoms with Gasteiger partial charge in [-0.25, -0.2) is 4.68 Å². The molecule has 5 nitrogen and oxygen atoms in total. The van der Waals surface area contributed by atoms with Crippen LogP contribution in [-0.2, 0) is 0 Å². The van der Waals surface area contributed by atoms with Gasteiger partial charge in [0.1, 0.15) is 0 Å². The van der Waals surface area contributed by atoms with Gasteiger partial charge in [0.2, 0.25) is 0 Å². The van der Waals surface area contributed by atoms with Crippen molar-refractivity contribution in [2.75, 3.05) is 23.3 Å². The van der Waals surface area contributed by atoms with Gasteiger partial charge in [-0.2, -0.15) is 5.10 Å². The normalized spacial score (nSPS) is 10.6. The summed E-state index contributed by atoms with van der Waals surface area (Å²) in [5.74, 6) is -0.210. The van der Waals surface area contributed by atoms with Crippen LogP contribution in [0.2, 0.25) is 0 Å². The van der Waals surface area contributed by atoms with Crippen molar-refractivity contribution in [2.45, 2.75) is 20.8 Å². The Hall–Kier alpha value is -3.08. The summed E-state index contributed by atoms with van der Waals surface area (Å²) < 4.78 is 1.78. The quantitative estimate of drug-likeness (QED) is 0.723. The number of rotatable bonds is 6. The molecule has 1 N–H and O–H groups in total. The first-order valence-corrected chi connectivity index (χ1v) is 8.90. The molecule has 3 rings (SSSR count). The lowest BCUT2D eigenvalue weighted by atomic mass is 10.2. The molecule has 134 valence electrons. The van der Waals surface area contributed by atoms with Gasteiger partial charge in [0.15, 0.2) is 5.69 Å². The number of carbonyl (C=O) groups is 1. The number of para-hydroxylation sites is 1. The molecule has 0 saturated heterocycles. The van der Waals surface area contributed by atoms with Gasteiger partial charge in [-0.15, -0.1) is 0 Å². The van der Waals surface area contributed by atoms with Gasteiger partial charge in [-0.3, -0.25) is 4.79 Å². The fourth-order valence-electron chi connectivity index (χ4n) is 2.96. The van der Waals surface area contributed by atoms with Crippen LogP contribution in [0.1, 0.15) is 30.0 Å². The van der Waals surface area contributed by atoms with Gasteiger partial charge in [0.25, 0.3) is 5.91 Å². The third-order valence-electron chi connectivity index (χ3n) is 4.37. The minimum absolute atomic E-state index is 0.210. The van der Waals surface area contributed by atoms with Crippen LogP contribution in [0.4, 0.5) is 11.4 Å². The van der Waals surface area contributed by atoms with Crippen molar-refractivity contribution in [1.82, 2.24) is 9.78 Å². The van der Waals surface area contributed by atoms with Gasteiger partial charge in [0.05, 0.1) is 5.69 Å². The highest BCUT2D eigenvalue weighted by Crippen LogP contribution is 2.19. The summed E-state index contributed by atoms with van der Waals surface area (Å²) >= 11 is 0. The smallest absolute Gasteiger partial charge is 0.276 e. The minimum atomic E-state index is -0.210. The maximum Gasteiger partial charge on any atom is 0.276 e. The van der Waals surface area contributed by atoms with E-state index in [1.165, 1.54) is 0 Å². The van der Waals surface area contributed by atoms with E-state index in [-0.39, 0.29) is 5.91 Å². The summed E-state index contributed by atoms with van der Waals surface area (Å²) in [6, 6.07) is 19.5. The van der Waals surface area contributed by atoms with Crippen LogP contribution in [0.15, 0.2) is 60.7 Å². The average molecular weight is 348 g/mol. The zero-order valence-electron chi connectivity index (χ0n) is 15.4. The van der Waals surface area contributed by atoms with E-state index in [4.69, 9.17) is 0 Å². The highest BCUT2D eigenvalue weighted by atomic mass is 16.1. The molecular weight excluding hydrogens is 324 g/mol. The summed E-state index contributed by atoms with van der Waals surface area (Å²) in [5.41, 5.74) is 4.17. The van der Waals surface area contributed by atoms with Crippen molar-refractivity contribution in [2.24, 2.45) is 0 Å². The van der Waals surface area contributed by atoms with E-state index in [0.717, 1.165) is 35.8 Å². The lowest BCUT2D eigenvalue weighted by Crippen LogP contribution is -2.21. The Morgan fingerprint density at radius 3 is 2.31 bits per heavy atom. The summed E-state index contributed by atoms with van der Waals surface area (Å²) in [7, 11) is 0. The van der Waals surface area contributed by atoms with E-state index in [1.807, 2.05) is 61.5 Å². The fraction of sp³-hybridized carbons (Fsp3) is 0.238. The van der Waals surface area contributed by atoms with Crippen LogP contribution in [0.25, 0.3) is 5.69 Å². The van der Waals surface area contributed by atoms with E-state index >= 15 is 0 Å². The van der Waals surface area contributed by atoms with Gasteiger partial charge in [-0.1, -0.05) is 18.2 Å². The molecule has 0 saturated carbocycles. The van der Waals surface area contributed by atoms with Gasteiger partial charge < -0.3 is 10.2 Å². The highest BCUT2D eigenvalue weighted by molar-refractivity contribution is 6.03. The minimum Gasteiger partial charge on any atom is -0.372 e. The topological polar surface area (TPSA) is 50.2 Å². The molecule has 0 unspecified atom stereocenters. The van der Waals surface area contributed by atoms with Crippen LogP contribution >= 0.6 is 0 Å². The number of hydrogen-bond acceptors (Lipinski definition) is 3. The third-order valence-corrected chi connectivity index (χ3v) is 4.37. The van der Waals surface area contributed by atoms with Crippen molar-refractivity contribution >= 4 is 17.3 Å². The second-order valence-corrected chi connectivity index (χ2v) is 6.09. The fourth-order valence-corrected chi connectivity index (χ4v) is 2.96. The van der Waals surface area contributed by atoms with Crippen LogP contribution in [0.3, 0.4) is 0 Å². The van der Waals surface area contributed by atoms with Crippen molar-refractivity contribution in [3.05, 3.63) is 72.1 Å². The Morgan fingerprint density at radius 2 is 1.69 bits per heavy atom. The van der Waals surface area contributed by atoms with Crippen LogP contribution in [0.5, 0.6) is 0 Å². The molecule has 0 spiro atoms. The number of aryl methyl sites for hydroxylation is 1. The second kappa shape index (κ2) is 7.87. The number of hydrogen-bond donors (Lipinski definition) is 1. The molecule has 0 fully saturated rings. The lowest BCUT2D eigenvalue weighted by molar-refractivity contribution is 0.102. The van der Waals surface area contributed by atoms with Crippen LogP contribution in [0, 0.1) is 6.92 Å². The number of aromatic nitrogens is 2. The molecule has 1 heterocycles. The standard InChI is InChI=1S/C21H24N4O/c1-4-24(5-2)18-13-11-17(12-14-18)22-21(26)20-15-16(3)25(23-20)19-9-7-6-8-10-19/h6-15H,4-5H2,1-3H3,(H,22,26). The lowest BCUT2D eigenvalue weighted by Gasteiger charge is -2.21. The molecule has 26 heavy (non-hydrogen) atoms. The molecular formula is C21H24N4O. The predicted octanol–water partition coefficient (Wildman–Crippen LogP) is 4.28. The van der Waals surface area contributed by atoms with Crippen molar-refractivity contribution in [1.29, 1.82) is 0 Å². The Kier molecular flexibility index (Phi) is 5.37.